The molecule has 1 aromatic rings. The van der Waals surface area contributed by atoms with E-state index in [-0.39, 0.29) is 16.7 Å². The fraction of sp³-hybridized carbons (Fsp3) is 0.385. The summed E-state index contributed by atoms with van der Waals surface area (Å²) in [7, 11) is -3.68. The van der Waals surface area contributed by atoms with Crippen molar-refractivity contribution in [2.75, 3.05) is 18.4 Å². The molecule has 1 saturated heterocycles. The Morgan fingerprint density at radius 2 is 1.95 bits per heavy atom. The highest BCUT2D eigenvalue weighted by Gasteiger charge is 2.30. The number of carbonyl (C=O) groups is 1. The van der Waals surface area contributed by atoms with Crippen LogP contribution in [0.25, 0.3) is 0 Å². The fourth-order valence-electron chi connectivity index (χ4n) is 2.61. The van der Waals surface area contributed by atoms with Crippen LogP contribution in [-0.4, -0.2) is 38.3 Å². The fourth-order valence-corrected chi connectivity index (χ4v) is 3.75. The molecule has 1 aromatic carbocycles. The third-order valence-corrected chi connectivity index (χ3v) is 5.14. The number of nitrogens with two attached hydrogens (primary N) is 1. The smallest absolute Gasteiger partial charge is 0.287 e. The predicted molar refractivity (Wildman–Crippen MR) is 78.2 cm³/mol. The highest BCUT2D eigenvalue weighted by atomic mass is 32.2. The molecule has 7 nitrogen and oxygen atoms in total. The topological polar surface area (TPSA) is 105 Å². The molecule has 1 amide bonds. The number of para-hydroxylation sites is 1. The summed E-state index contributed by atoms with van der Waals surface area (Å²) < 4.78 is 28.2. The van der Waals surface area contributed by atoms with Gasteiger partial charge in [-0.25, -0.2) is 0 Å². The minimum Gasteiger partial charge on any atom is -0.369 e. The summed E-state index contributed by atoms with van der Waals surface area (Å²) >= 11 is 0. The maximum Gasteiger partial charge on any atom is 0.287 e. The lowest BCUT2D eigenvalue weighted by Gasteiger charge is -2.34. The van der Waals surface area contributed by atoms with Gasteiger partial charge in [-0.15, -0.1) is 4.40 Å². The number of benzene rings is 1. The normalized spacial score (nSPS) is 21.1. The zero-order valence-corrected chi connectivity index (χ0v) is 12.1. The first-order chi connectivity index (χ1) is 9.97. The number of anilines is 1. The van der Waals surface area contributed by atoms with Crippen LogP contribution in [0.4, 0.5) is 5.69 Å². The van der Waals surface area contributed by atoms with Gasteiger partial charge in [0, 0.05) is 19.0 Å². The molecule has 0 atom stereocenters. The highest BCUT2D eigenvalue weighted by molar-refractivity contribution is 7.90. The SMILES string of the molecule is NC(=O)C1CCN(C2=NS(=O)(=O)c3ccccc3N2)CC1. The van der Waals surface area contributed by atoms with Crippen LogP contribution in [0.1, 0.15) is 12.8 Å². The average Bonchev–Trinajstić information content (AvgIpc) is 2.46. The number of fused-ring (bicyclic) bond motifs is 1. The molecule has 0 unspecified atom stereocenters. The Morgan fingerprint density at radius 3 is 2.62 bits per heavy atom. The van der Waals surface area contributed by atoms with E-state index in [0.29, 0.717) is 37.6 Å². The average molecular weight is 308 g/mol. The summed E-state index contributed by atoms with van der Waals surface area (Å²) in [6, 6.07) is 6.66. The zero-order chi connectivity index (χ0) is 15.0. The Labute approximate surface area is 122 Å². The van der Waals surface area contributed by atoms with Gasteiger partial charge in [0.1, 0.15) is 4.90 Å². The maximum atomic E-state index is 12.2. The van der Waals surface area contributed by atoms with Gasteiger partial charge in [0.2, 0.25) is 11.9 Å². The van der Waals surface area contributed by atoms with Crippen molar-refractivity contribution in [3.63, 3.8) is 0 Å². The molecule has 0 bridgehead atoms. The summed E-state index contributed by atoms with van der Waals surface area (Å²) in [6.07, 6.45) is 1.22. The molecule has 2 aliphatic heterocycles. The first-order valence-electron chi connectivity index (χ1n) is 6.73. The number of hydrogen-bond donors (Lipinski definition) is 2. The van der Waals surface area contributed by atoms with Gasteiger partial charge < -0.3 is 16.0 Å². The second kappa shape index (κ2) is 5.03. The van der Waals surface area contributed by atoms with E-state index >= 15 is 0 Å². The predicted octanol–water partition coefficient (Wildman–Crippen LogP) is 0.354. The van der Waals surface area contributed by atoms with E-state index in [4.69, 9.17) is 5.73 Å². The molecule has 0 aliphatic carbocycles. The van der Waals surface area contributed by atoms with Crippen molar-refractivity contribution in [1.29, 1.82) is 0 Å². The number of nitrogens with zero attached hydrogens (tertiary/aromatic N) is 2. The lowest BCUT2D eigenvalue weighted by Crippen LogP contribution is -2.45. The molecule has 21 heavy (non-hydrogen) atoms. The molecule has 0 saturated carbocycles. The summed E-state index contributed by atoms with van der Waals surface area (Å²) in [5.41, 5.74) is 5.83. The van der Waals surface area contributed by atoms with Gasteiger partial charge in [-0.1, -0.05) is 12.1 Å². The molecule has 3 N–H and O–H groups in total. The maximum absolute atomic E-state index is 12.2. The van der Waals surface area contributed by atoms with Gasteiger partial charge in [0.05, 0.1) is 5.69 Å². The number of nitrogens with one attached hydrogen (secondary N) is 1. The molecule has 2 heterocycles. The van der Waals surface area contributed by atoms with Crippen molar-refractivity contribution in [3.05, 3.63) is 24.3 Å². The molecule has 3 rings (SSSR count). The van der Waals surface area contributed by atoms with Crippen LogP contribution < -0.4 is 11.1 Å². The lowest BCUT2D eigenvalue weighted by molar-refractivity contribution is -0.122. The lowest BCUT2D eigenvalue weighted by atomic mass is 9.96. The van der Waals surface area contributed by atoms with E-state index in [9.17, 15) is 13.2 Å². The second-order valence-electron chi connectivity index (χ2n) is 5.17. The second-order valence-corrected chi connectivity index (χ2v) is 6.75. The van der Waals surface area contributed by atoms with Gasteiger partial charge in [-0.05, 0) is 25.0 Å². The Morgan fingerprint density at radius 1 is 1.29 bits per heavy atom. The minimum absolute atomic E-state index is 0.144. The molecular weight excluding hydrogens is 292 g/mol. The van der Waals surface area contributed by atoms with Gasteiger partial charge in [0.15, 0.2) is 0 Å². The number of primary amides is 1. The Balaban J connectivity index is 1.83. The number of piperidine rings is 1. The number of amides is 1. The van der Waals surface area contributed by atoms with Crippen molar-refractivity contribution < 1.29 is 13.2 Å². The summed E-state index contributed by atoms with van der Waals surface area (Å²) in [6.45, 7) is 1.11. The zero-order valence-electron chi connectivity index (χ0n) is 11.3. The van der Waals surface area contributed by atoms with Crippen molar-refractivity contribution >= 4 is 27.6 Å². The summed E-state index contributed by atoms with van der Waals surface area (Å²) in [5, 5.41) is 3.05. The van der Waals surface area contributed by atoms with Gasteiger partial charge in [0.25, 0.3) is 10.0 Å². The van der Waals surface area contributed by atoms with Crippen LogP contribution in [0.2, 0.25) is 0 Å². The number of likely N-dealkylation sites (tertiary alicyclic amines) is 1. The standard InChI is InChI=1S/C13H16N4O3S/c14-12(18)9-5-7-17(8-6-9)13-15-10-3-1-2-4-11(10)21(19,20)16-13/h1-4,9H,5-8H2,(H2,14,18)(H,15,16). The minimum atomic E-state index is -3.68. The number of hydrogen-bond acceptors (Lipinski definition) is 5. The van der Waals surface area contributed by atoms with Gasteiger partial charge in [-0.2, -0.15) is 8.42 Å². The Hall–Kier alpha value is -2.09. The molecule has 1 fully saturated rings. The highest BCUT2D eigenvalue weighted by Crippen LogP contribution is 2.28. The molecule has 0 radical (unpaired) electrons. The van der Waals surface area contributed by atoms with Crippen molar-refractivity contribution in [2.45, 2.75) is 17.7 Å². The molecule has 0 aromatic heterocycles. The van der Waals surface area contributed by atoms with E-state index in [0.717, 1.165) is 0 Å². The first kappa shape index (κ1) is 13.9. The van der Waals surface area contributed by atoms with Gasteiger partial charge >= 0.3 is 0 Å². The summed E-state index contributed by atoms with van der Waals surface area (Å²) in [5.74, 6) is -0.128. The number of rotatable bonds is 1. The van der Waals surface area contributed by atoms with Crippen LogP contribution in [0, 0.1) is 5.92 Å². The Bertz CT molecular complexity index is 706. The number of carbonyl (C=O) groups excluding carboxylic acids is 1. The molecule has 2 aliphatic rings. The molecule has 112 valence electrons. The Kier molecular flexibility index (Phi) is 3.32. The molecule has 8 heteroatoms. The van der Waals surface area contributed by atoms with E-state index in [1.165, 1.54) is 6.07 Å². The van der Waals surface area contributed by atoms with Crippen LogP contribution in [0.3, 0.4) is 0 Å². The van der Waals surface area contributed by atoms with Gasteiger partial charge in [-0.3, -0.25) is 4.79 Å². The van der Waals surface area contributed by atoms with Crippen LogP contribution in [0.5, 0.6) is 0 Å². The molecule has 0 spiro atoms. The number of sulfonamides is 1. The van der Waals surface area contributed by atoms with Crippen LogP contribution >= 0.6 is 0 Å². The monoisotopic (exact) mass is 308 g/mol. The van der Waals surface area contributed by atoms with Crippen molar-refractivity contribution in [3.8, 4) is 0 Å². The van der Waals surface area contributed by atoms with E-state index in [1.54, 1.807) is 18.2 Å². The van der Waals surface area contributed by atoms with E-state index < -0.39 is 10.0 Å². The van der Waals surface area contributed by atoms with E-state index in [2.05, 4.69) is 9.71 Å². The summed E-state index contributed by atoms with van der Waals surface area (Å²) in [4.78, 5) is 13.2. The number of guanidine groups is 1. The quantitative estimate of drug-likeness (QED) is 0.779. The van der Waals surface area contributed by atoms with Crippen LogP contribution in [0.15, 0.2) is 33.6 Å². The van der Waals surface area contributed by atoms with E-state index in [1.807, 2.05) is 4.90 Å². The van der Waals surface area contributed by atoms with Crippen molar-refractivity contribution in [2.24, 2.45) is 16.0 Å². The van der Waals surface area contributed by atoms with Crippen molar-refractivity contribution in [1.82, 2.24) is 4.90 Å². The third-order valence-electron chi connectivity index (χ3n) is 3.81. The van der Waals surface area contributed by atoms with Crippen LogP contribution in [-0.2, 0) is 14.8 Å². The largest absolute Gasteiger partial charge is 0.369 e. The molecular formula is C13H16N4O3S. The first-order valence-corrected chi connectivity index (χ1v) is 8.17. The third kappa shape index (κ3) is 2.58.